The number of rotatable bonds is 4. The number of carbonyl (C=O) groups excluding carboxylic acids is 1. The van der Waals surface area contributed by atoms with Crippen LogP contribution in [0.25, 0.3) is 0 Å². The zero-order valence-corrected chi connectivity index (χ0v) is 14.9. The molecule has 0 unspecified atom stereocenters. The van der Waals surface area contributed by atoms with Crippen LogP contribution in [-0.4, -0.2) is 42.1 Å². The lowest BCUT2D eigenvalue weighted by molar-refractivity contribution is -0.674. The van der Waals surface area contributed by atoms with Gasteiger partial charge in [0.2, 0.25) is 6.34 Å². The van der Waals surface area contributed by atoms with E-state index in [9.17, 15) is 4.79 Å². The number of hydrogen-bond acceptors (Lipinski definition) is 3. The van der Waals surface area contributed by atoms with E-state index < -0.39 is 0 Å². The van der Waals surface area contributed by atoms with Crippen molar-refractivity contribution in [2.45, 2.75) is 45.6 Å². The second-order valence-electron chi connectivity index (χ2n) is 5.31. The minimum atomic E-state index is 0. The van der Waals surface area contributed by atoms with Gasteiger partial charge in [-0.1, -0.05) is 6.42 Å². The van der Waals surface area contributed by atoms with E-state index in [1.54, 1.807) is 18.3 Å². The third-order valence-electron chi connectivity index (χ3n) is 3.19. The SMILES string of the molecule is CC(=O)C[n+]1c(N=CN(C)C)sc2c1CCCCC2.O.O.[Cl-]. The monoisotopic (exact) mass is 351 g/mol. The summed E-state index contributed by atoms with van der Waals surface area (Å²) in [4.78, 5) is 19.4. The highest BCUT2D eigenvalue weighted by atomic mass is 35.5. The van der Waals surface area contributed by atoms with Crippen LogP contribution >= 0.6 is 11.3 Å². The van der Waals surface area contributed by atoms with Crippen molar-refractivity contribution in [3.05, 3.63) is 10.6 Å². The summed E-state index contributed by atoms with van der Waals surface area (Å²) < 4.78 is 2.12. The highest BCUT2D eigenvalue weighted by molar-refractivity contribution is 7.15. The topological polar surface area (TPSA) is 99.6 Å². The Morgan fingerprint density at radius 2 is 1.91 bits per heavy atom. The van der Waals surface area contributed by atoms with Gasteiger partial charge in [0.25, 0.3) is 0 Å². The Balaban J connectivity index is 0. The molecule has 0 amide bonds. The number of fused-ring (bicyclic) bond motifs is 1. The Morgan fingerprint density at radius 3 is 2.50 bits per heavy atom. The Labute approximate surface area is 141 Å². The van der Waals surface area contributed by atoms with Crippen LogP contribution in [0.3, 0.4) is 0 Å². The van der Waals surface area contributed by atoms with E-state index in [1.807, 2.05) is 25.3 Å². The molecule has 0 spiro atoms. The predicted octanol–water partition coefficient (Wildman–Crippen LogP) is -2.53. The standard InChI is InChI=1S/C14H22N3OS.ClH.2H2O/c1-11(18)9-17-12-7-5-4-6-8-13(12)19-14(17)15-10-16(2)3;;;/h10H,4-9H2,1-3H3;1H;2*1H2/q+1;;;/p-1. The van der Waals surface area contributed by atoms with Crippen molar-refractivity contribution >= 4 is 28.6 Å². The van der Waals surface area contributed by atoms with Gasteiger partial charge in [0.1, 0.15) is 12.2 Å². The molecular formula is C14H26ClN3O3S. The first-order valence-electron chi connectivity index (χ1n) is 6.82. The number of aliphatic imine (C=N–C) groups is 1. The van der Waals surface area contributed by atoms with Gasteiger partial charge in [-0.05, 0) is 42.5 Å². The lowest BCUT2D eigenvalue weighted by Crippen LogP contribution is -3.00. The van der Waals surface area contributed by atoms with E-state index in [4.69, 9.17) is 0 Å². The zero-order chi connectivity index (χ0) is 13.8. The third-order valence-corrected chi connectivity index (χ3v) is 4.38. The van der Waals surface area contributed by atoms with E-state index in [1.165, 1.54) is 29.8 Å². The summed E-state index contributed by atoms with van der Waals surface area (Å²) in [5, 5.41) is 0.954. The first kappa shape index (κ1) is 23.2. The molecule has 0 aromatic carbocycles. The van der Waals surface area contributed by atoms with Crippen LogP contribution in [0.5, 0.6) is 0 Å². The molecule has 6 nitrogen and oxygen atoms in total. The Morgan fingerprint density at radius 1 is 1.27 bits per heavy atom. The van der Waals surface area contributed by atoms with Crippen LogP contribution in [0.1, 0.15) is 36.8 Å². The number of aryl methyl sites for hydroxylation is 1. The molecule has 1 aliphatic carbocycles. The van der Waals surface area contributed by atoms with Gasteiger partial charge in [0.05, 0.1) is 4.88 Å². The maximum absolute atomic E-state index is 11.5. The summed E-state index contributed by atoms with van der Waals surface area (Å²) in [5.41, 5.74) is 1.34. The summed E-state index contributed by atoms with van der Waals surface area (Å²) in [6.45, 7) is 2.10. The second-order valence-corrected chi connectivity index (χ2v) is 6.37. The molecule has 0 atom stereocenters. The lowest BCUT2D eigenvalue weighted by Gasteiger charge is -2.01. The van der Waals surface area contributed by atoms with Crippen molar-refractivity contribution in [1.82, 2.24) is 4.90 Å². The summed E-state index contributed by atoms with van der Waals surface area (Å²) in [5.74, 6) is 0.191. The normalized spacial score (nSPS) is 13.2. The van der Waals surface area contributed by atoms with Crippen LogP contribution in [0.4, 0.5) is 5.13 Å². The quantitative estimate of drug-likeness (QED) is 0.258. The molecule has 4 N–H and O–H groups in total. The number of Topliss-reactive ketones (excluding diaryl/α,β-unsaturated/α-hetero) is 1. The lowest BCUT2D eigenvalue weighted by atomic mass is 10.2. The van der Waals surface area contributed by atoms with E-state index in [-0.39, 0.29) is 29.1 Å². The van der Waals surface area contributed by atoms with Crippen LogP contribution in [-0.2, 0) is 24.2 Å². The van der Waals surface area contributed by atoms with Crippen molar-refractivity contribution < 1.29 is 32.7 Å². The van der Waals surface area contributed by atoms with Crippen LogP contribution < -0.4 is 17.0 Å². The van der Waals surface area contributed by atoms with Gasteiger partial charge < -0.3 is 28.3 Å². The Hall–Kier alpha value is -1.02. The fourth-order valence-electron chi connectivity index (χ4n) is 2.36. The molecule has 8 heteroatoms. The van der Waals surface area contributed by atoms with E-state index >= 15 is 0 Å². The summed E-state index contributed by atoms with van der Waals surface area (Å²) >= 11 is 1.75. The van der Waals surface area contributed by atoms with Gasteiger partial charge in [-0.2, -0.15) is 0 Å². The third kappa shape index (κ3) is 6.00. The molecule has 1 aromatic heterocycles. The summed E-state index contributed by atoms with van der Waals surface area (Å²) in [6.07, 6.45) is 7.79. The molecule has 2 rings (SSSR count). The average Bonchev–Trinajstić information content (AvgIpc) is 2.51. The van der Waals surface area contributed by atoms with Crippen LogP contribution in [0.15, 0.2) is 4.99 Å². The van der Waals surface area contributed by atoms with Crippen molar-refractivity contribution in [3.63, 3.8) is 0 Å². The molecule has 0 fully saturated rings. The minimum Gasteiger partial charge on any atom is -1.00 e. The smallest absolute Gasteiger partial charge is 0.384 e. The summed E-state index contributed by atoms with van der Waals surface area (Å²) in [6, 6.07) is 0. The van der Waals surface area contributed by atoms with Crippen molar-refractivity contribution in [2.24, 2.45) is 4.99 Å². The van der Waals surface area contributed by atoms with E-state index in [0.717, 1.165) is 18.0 Å². The molecule has 0 saturated carbocycles. The predicted molar refractivity (Wildman–Crippen MR) is 85.5 cm³/mol. The minimum absolute atomic E-state index is 0. The molecular weight excluding hydrogens is 326 g/mol. The first-order chi connectivity index (χ1) is 9.08. The van der Waals surface area contributed by atoms with Gasteiger partial charge in [-0.15, -0.1) is 0 Å². The van der Waals surface area contributed by atoms with Crippen LogP contribution in [0.2, 0.25) is 0 Å². The Bertz CT molecular complexity index is 504. The van der Waals surface area contributed by atoms with E-state index in [0.29, 0.717) is 6.54 Å². The van der Waals surface area contributed by atoms with Gasteiger partial charge in [0, 0.05) is 20.5 Å². The molecule has 1 heterocycles. The molecule has 22 heavy (non-hydrogen) atoms. The van der Waals surface area contributed by atoms with Gasteiger partial charge in [-0.3, -0.25) is 4.79 Å². The highest BCUT2D eigenvalue weighted by Gasteiger charge is 2.25. The van der Waals surface area contributed by atoms with Crippen molar-refractivity contribution in [1.29, 1.82) is 0 Å². The molecule has 0 bridgehead atoms. The van der Waals surface area contributed by atoms with Crippen molar-refractivity contribution in [2.75, 3.05) is 14.1 Å². The molecule has 0 aliphatic heterocycles. The Kier molecular flexibility index (Phi) is 11.3. The number of hydrogen-bond donors (Lipinski definition) is 0. The number of halogens is 1. The van der Waals surface area contributed by atoms with E-state index in [2.05, 4.69) is 9.56 Å². The maximum atomic E-state index is 11.5. The van der Waals surface area contributed by atoms with Crippen LogP contribution in [0, 0.1) is 0 Å². The van der Waals surface area contributed by atoms with Crippen molar-refractivity contribution in [3.8, 4) is 0 Å². The molecule has 0 radical (unpaired) electrons. The fourth-order valence-corrected chi connectivity index (χ4v) is 3.54. The molecule has 1 aliphatic rings. The molecule has 128 valence electrons. The maximum Gasteiger partial charge on any atom is 0.384 e. The number of carbonyl (C=O) groups is 1. The number of aromatic nitrogens is 1. The van der Waals surface area contributed by atoms with Gasteiger partial charge >= 0.3 is 5.13 Å². The number of nitrogens with zero attached hydrogens (tertiary/aromatic N) is 3. The van der Waals surface area contributed by atoms with Gasteiger partial charge in [-0.25, -0.2) is 4.57 Å². The fraction of sp³-hybridized carbons (Fsp3) is 0.643. The average molecular weight is 352 g/mol. The number of ketones is 1. The largest absolute Gasteiger partial charge is 1.00 e. The first-order valence-corrected chi connectivity index (χ1v) is 7.64. The molecule has 0 saturated heterocycles. The van der Waals surface area contributed by atoms with Gasteiger partial charge in [0.15, 0.2) is 5.78 Å². The number of thiazole rings is 1. The second kappa shape index (κ2) is 10.7. The summed E-state index contributed by atoms with van der Waals surface area (Å²) in [7, 11) is 3.91. The molecule has 1 aromatic rings. The highest BCUT2D eigenvalue weighted by Crippen LogP contribution is 2.29. The zero-order valence-electron chi connectivity index (χ0n) is 13.4.